The number of likely N-dealkylation sites (N-methyl/N-ethyl adjacent to an activating group) is 1. The van der Waals surface area contributed by atoms with E-state index in [2.05, 4.69) is 22.0 Å². The van der Waals surface area contributed by atoms with Crippen LogP contribution in [0.2, 0.25) is 0 Å². The van der Waals surface area contributed by atoms with E-state index in [-0.39, 0.29) is 18.1 Å². The number of carbonyl (C=O) groups is 1. The van der Waals surface area contributed by atoms with Gasteiger partial charge in [0.15, 0.2) is 5.69 Å². The summed E-state index contributed by atoms with van der Waals surface area (Å²) in [7, 11) is 2.17. The Bertz CT molecular complexity index is 611. The van der Waals surface area contributed by atoms with Gasteiger partial charge in [0.05, 0.1) is 12.1 Å². The number of rotatable bonds is 2. The van der Waals surface area contributed by atoms with Gasteiger partial charge in [0.2, 0.25) is 0 Å². The SMILES string of the molecule is Cc1cc(C(=O)N2C[C@@H]3CCCO[C@@H]3[C@H](N3CCN(C)CC3)C2)no1. The Morgan fingerprint density at radius 3 is 2.76 bits per heavy atom. The molecule has 1 aromatic heterocycles. The highest BCUT2D eigenvalue weighted by Crippen LogP contribution is 2.32. The van der Waals surface area contributed by atoms with E-state index in [1.165, 1.54) is 0 Å². The summed E-state index contributed by atoms with van der Waals surface area (Å²) in [5, 5.41) is 3.92. The maximum atomic E-state index is 12.9. The predicted molar refractivity (Wildman–Crippen MR) is 92.5 cm³/mol. The molecule has 25 heavy (non-hydrogen) atoms. The van der Waals surface area contributed by atoms with Gasteiger partial charge < -0.3 is 19.1 Å². The predicted octanol–water partition coefficient (Wildman–Crippen LogP) is 0.850. The van der Waals surface area contributed by atoms with Gasteiger partial charge >= 0.3 is 0 Å². The van der Waals surface area contributed by atoms with Crippen molar-refractivity contribution in [2.75, 3.05) is 52.9 Å². The first-order valence-electron chi connectivity index (χ1n) is 9.38. The molecule has 1 amide bonds. The average Bonchev–Trinajstić information content (AvgIpc) is 3.07. The molecule has 0 N–H and O–H groups in total. The molecule has 0 bridgehead atoms. The Labute approximate surface area is 148 Å². The Kier molecular flexibility index (Phi) is 4.80. The van der Waals surface area contributed by atoms with Crippen LogP contribution in [0.15, 0.2) is 10.6 Å². The number of hydrogen-bond donors (Lipinski definition) is 0. The Morgan fingerprint density at radius 1 is 1.24 bits per heavy atom. The molecule has 4 heterocycles. The third-order valence-electron chi connectivity index (χ3n) is 5.88. The zero-order valence-electron chi connectivity index (χ0n) is 15.2. The summed E-state index contributed by atoms with van der Waals surface area (Å²) in [6.45, 7) is 8.38. The number of aromatic nitrogens is 1. The number of piperazine rings is 1. The number of nitrogens with zero attached hydrogens (tertiary/aromatic N) is 4. The first-order valence-corrected chi connectivity index (χ1v) is 9.38. The number of amides is 1. The molecule has 0 aromatic carbocycles. The van der Waals surface area contributed by atoms with Gasteiger partial charge in [-0.1, -0.05) is 5.16 Å². The minimum absolute atomic E-state index is 0.0139. The molecular weight excluding hydrogens is 320 g/mol. The highest BCUT2D eigenvalue weighted by molar-refractivity contribution is 5.92. The first kappa shape index (κ1) is 17.0. The van der Waals surface area contributed by atoms with E-state index in [4.69, 9.17) is 9.26 Å². The quantitative estimate of drug-likeness (QED) is 0.790. The van der Waals surface area contributed by atoms with Crippen molar-refractivity contribution in [1.29, 1.82) is 0 Å². The largest absolute Gasteiger partial charge is 0.376 e. The number of fused-ring (bicyclic) bond motifs is 1. The molecule has 3 aliphatic rings. The second-order valence-electron chi connectivity index (χ2n) is 7.68. The smallest absolute Gasteiger partial charge is 0.276 e. The monoisotopic (exact) mass is 348 g/mol. The molecule has 1 aromatic rings. The lowest BCUT2D eigenvalue weighted by atomic mass is 9.84. The van der Waals surface area contributed by atoms with E-state index in [1.807, 2.05) is 11.8 Å². The Morgan fingerprint density at radius 2 is 2.04 bits per heavy atom. The fourth-order valence-corrected chi connectivity index (χ4v) is 4.44. The Hall–Kier alpha value is -1.44. The number of hydrogen-bond acceptors (Lipinski definition) is 6. The van der Waals surface area contributed by atoms with Crippen molar-refractivity contribution in [2.24, 2.45) is 5.92 Å². The molecule has 3 fully saturated rings. The average molecular weight is 348 g/mol. The zero-order valence-corrected chi connectivity index (χ0v) is 15.2. The van der Waals surface area contributed by atoms with Crippen LogP contribution >= 0.6 is 0 Å². The van der Waals surface area contributed by atoms with Gasteiger partial charge in [-0.15, -0.1) is 0 Å². The number of carbonyl (C=O) groups excluding carboxylic acids is 1. The van der Waals surface area contributed by atoms with Crippen LogP contribution in [0.4, 0.5) is 0 Å². The molecule has 7 nitrogen and oxygen atoms in total. The highest BCUT2D eigenvalue weighted by Gasteiger charge is 2.44. The fraction of sp³-hybridized carbons (Fsp3) is 0.778. The molecule has 0 unspecified atom stereocenters. The second-order valence-corrected chi connectivity index (χ2v) is 7.68. The molecule has 7 heteroatoms. The minimum Gasteiger partial charge on any atom is -0.376 e. The van der Waals surface area contributed by atoms with Crippen LogP contribution in [0.25, 0.3) is 0 Å². The van der Waals surface area contributed by atoms with Crippen molar-refractivity contribution in [3.8, 4) is 0 Å². The van der Waals surface area contributed by atoms with Crippen molar-refractivity contribution in [1.82, 2.24) is 19.9 Å². The molecule has 3 saturated heterocycles. The van der Waals surface area contributed by atoms with Crippen LogP contribution < -0.4 is 0 Å². The lowest BCUT2D eigenvalue weighted by molar-refractivity contribution is -0.113. The maximum absolute atomic E-state index is 12.9. The number of likely N-dealkylation sites (tertiary alicyclic amines) is 1. The van der Waals surface area contributed by atoms with Crippen molar-refractivity contribution < 1.29 is 14.1 Å². The van der Waals surface area contributed by atoms with Crippen molar-refractivity contribution >= 4 is 5.91 Å². The summed E-state index contributed by atoms with van der Waals surface area (Å²) in [5.74, 6) is 1.08. The lowest BCUT2D eigenvalue weighted by Gasteiger charge is -2.50. The standard InChI is InChI=1S/C18H28N4O3/c1-13-10-15(19-25-13)18(23)22-11-14-4-3-9-24-17(14)16(12-22)21-7-5-20(2)6-8-21/h10,14,16-17H,3-9,11-12H2,1-2H3/t14-,16+,17-/m0/s1. The summed E-state index contributed by atoms with van der Waals surface area (Å²) in [5.41, 5.74) is 0.421. The third-order valence-corrected chi connectivity index (χ3v) is 5.88. The van der Waals surface area contributed by atoms with Gasteiger partial charge in [0.1, 0.15) is 5.76 Å². The molecule has 0 radical (unpaired) electrons. The van der Waals surface area contributed by atoms with E-state index < -0.39 is 0 Å². The minimum atomic E-state index is -0.0139. The van der Waals surface area contributed by atoms with Gasteiger partial charge in [0.25, 0.3) is 5.91 Å². The molecule has 0 aliphatic carbocycles. The van der Waals surface area contributed by atoms with Crippen LogP contribution in [0.1, 0.15) is 29.1 Å². The molecule has 4 rings (SSSR count). The van der Waals surface area contributed by atoms with Crippen molar-refractivity contribution in [3.63, 3.8) is 0 Å². The summed E-state index contributed by atoms with van der Waals surface area (Å²) in [6.07, 6.45) is 2.47. The topological polar surface area (TPSA) is 62.1 Å². The molecule has 0 spiro atoms. The van der Waals surface area contributed by atoms with Gasteiger partial charge in [-0.25, -0.2) is 0 Å². The molecule has 3 aliphatic heterocycles. The van der Waals surface area contributed by atoms with Crippen molar-refractivity contribution in [3.05, 3.63) is 17.5 Å². The van der Waals surface area contributed by atoms with E-state index in [9.17, 15) is 4.79 Å². The maximum Gasteiger partial charge on any atom is 0.276 e. The van der Waals surface area contributed by atoms with Crippen LogP contribution in [-0.4, -0.2) is 90.8 Å². The molecule has 138 valence electrons. The van der Waals surface area contributed by atoms with E-state index in [1.54, 1.807) is 6.07 Å². The molecule has 3 atom stereocenters. The zero-order chi connectivity index (χ0) is 17.4. The van der Waals surface area contributed by atoms with Crippen LogP contribution in [0, 0.1) is 12.8 Å². The van der Waals surface area contributed by atoms with Gasteiger partial charge in [-0.05, 0) is 26.8 Å². The van der Waals surface area contributed by atoms with Gasteiger partial charge in [-0.3, -0.25) is 9.69 Å². The van der Waals surface area contributed by atoms with Crippen molar-refractivity contribution in [2.45, 2.75) is 31.9 Å². The normalized spacial score (nSPS) is 31.8. The molecular formula is C18H28N4O3. The summed E-state index contributed by atoms with van der Waals surface area (Å²) < 4.78 is 11.3. The van der Waals surface area contributed by atoms with Crippen LogP contribution in [0.3, 0.4) is 0 Å². The van der Waals surface area contributed by atoms with Crippen LogP contribution in [0.5, 0.6) is 0 Å². The highest BCUT2D eigenvalue weighted by atomic mass is 16.5. The second kappa shape index (κ2) is 7.05. The number of ether oxygens (including phenoxy) is 1. The van der Waals surface area contributed by atoms with Gasteiger partial charge in [0, 0.05) is 57.9 Å². The fourth-order valence-electron chi connectivity index (χ4n) is 4.44. The Balaban J connectivity index is 1.53. The summed E-state index contributed by atoms with van der Waals surface area (Å²) in [4.78, 5) is 19.8. The molecule has 0 saturated carbocycles. The number of aryl methyl sites for hydroxylation is 1. The number of piperidine rings is 1. The third kappa shape index (κ3) is 3.45. The van der Waals surface area contributed by atoms with E-state index in [0.717, 1.165) is 58.7 Å². The first-order chi connectivity index (χ1) is 12.1. The summed E-state index contributed by atoms with van der Waals surface area (Å²) in [6, 6.07) is 2.01. The van der Waals surface area contributed by atoms with Gasteiger partial charge in [-0.2, -0.15) is 0 Å². The summed E-state index contributed by atoms with van der Waals surface area (Å²) >= 11 is 0. The van der Waals surface area contributed by atoms with E-state index >= 15 is 0 Å². The van der Waals surface area contributed by atoms with E-state index in [0.29, 0.717) is 17.4 Å². The lowest BCUT2D eigenvalue weighted by Crippen LogP contribution is -2.64. The van der Waals surface area contributed by atoms with Crippen LogP contribution in [-0.2, 0) is 4.74 Å².